The summed E-state index contributed by atoms with van der Waals surface area (Å²) in [5.41, 5.74) is 8.05. The quantitative estimate of drug-likeness (QED) is 0.249. The summed E-state index contributed by atoms with van der Waals surface area (Å²) in [5, 5.41) is 17.6. The lowest BCUT2D eigenvalue weighted by Gasteiger charge is -2.29. The Morgan fingerprint density at radius 1 is 0.943 bits per heavy atom. The molecule has 7 N–H and O–H groups in total. The fourth-order valence-corrected chi connectivity index (χ4v) is 3.81. The number of para-hydroxylation sites is 1. The van der Waals surface area contributed by atoms with Crippen molar-refractivity contribution in [3.8, 4) is 0 Å². The normalized spacial score (nSPS) is 15.5. The Morgan fingerprint density at radius 3 is 2.11 bits per heavy atom. The summed E-state index contributed by atoms with van der Waals surface area (Å²) in [7, 11) is 0. The Hall–Kier alpha value is -3.40. The second-order valence-electron chi connectivity index (χ2n) is 9.03. The number of aliphatic carboxylic acids is 1. The average molecular weight is 488 g/mol. The molecule has 10 heteroatoms. The lowest BCUT2D eigenvalue weighted by Crippen LogP contribution is -2.59. The zero-order valence-electron chi connectivity index (χ0n) is 20.8. The van der Waals surface area contributed by atoms with Crippen LogP contribution in [0, 0.1) is 11.8 Å². The third kappa shape index (κ3) is 7.54. The number of aromatic nitrogens is 1. The zero-order valence-corrected chi connectivity index (χ0v) is 20.8. The van der Waals surface area contributed by atoms with Gasteiger partial charge >= 0.3 is 5.97 Å². The van der Waals surface area contributed by atoms with Gasteiger partial charge < -0.3 is 31.8 Å². The maximum atomic E-state index is 13.2. The molecular weight excluding hydrogens is 450 g/mol. The van der Waals surface area contributed by atoms with Gasteiger partial charge in [-0.3, -0.25) is 19.2 Å². The van der Waals surface area contributed by atoms with E-state index in [9.17, 15) is 19.2 Å². The molecular formula is C25H37N5O5. The van der Waals surface area contributed by atoms with Gasteiger partial charge in [0, 0.05) is 17.1 Å². The third-order valence-corrected chi connectivity index (χ3v) is 6.45. The van der Waals surface area contributed by atoms with Gasteiger partial charge in [0.1, 0.15) is 18.6 Å². The number of nitrogens with two attached hydrogens (primary N) is 1. The van der Waals surface area contributed by atoms with E-state index in [1.807, 2.05) is 51.2 Å². The number of fused-ring (bicyclic) bond motifs is 1. The fourth-order valence-electron chi connectivity index (χ4n) is 3.81. The van der Waals surface area contributed by atoms with Crippen molar-refractivity contribution in [1.82, 2.24) is 20.9 Å². The van der Waals surface area contributed by atoms with E-state index in [2.05, 4.69) is 20.9 Å². The first-order chi connectivity index (χ1) is 16.6. The van der Waals surface area contributed by atoms with Gasteiger partial charge in [0.2, 0.25) is 17.7 Å². The van der Waals surface area contributed by atoms with E-state index in [-0.39, 0.29) is 18.3 Å². The molecule has 0 aliphatic heterocycles. The molecule has 5 unspecified atom stereocenters. The first kappa shape index (κ1) is 27.8. The van der Waals surface area contributed by atoms with Crippen molar-refractivity contribution in [2.45, 2.75) is 65.1 Å². The van der Waals surface area contributed by atoms with Crippen LogP contribution in [0.5, 0.6) is 0 Å². The van der Waals surface area contributed by atoms with Crippen LogP contribution < -0.4 is 21.7 Å². The van der Waals surface area contributed by atoms with Crippen molar-refractivity contribution >= 4 is 34.6 Å². The highest BCUT2D eigenvalue weighted by atomic mass is 16.4. The number of benzene rings is 1. The lowest BCUT2D eigenvalue weighted by atomic mass is 9.94. The lowest BCUT2D eigenvalue weighted by molar-refractivity contribution is -0.139. The number of hydrogen-bond acceptors (Lipinski definition) is 5. The van der Waals surface area contributed by atoms with Crippen molar-refractivity contribution in [3.05, 3.63) is 36.0 Å². The minimum absolute atomic E-state index is 0.223. The van der Waals surface area contributed by atoms with Crippen LogP contribution >= 0.6 is 0 Å². The van der Waals surface area contributed by atoms with E-state index in [4.69, 9.17) is 10.8 Å². The highest BCUT2D eigenvalue weighted by molar-refractivity contribution is 5.94. The number of nitrogens with one attached hydrogen (secondary N) is 4. The van der Waals surface area contributed by atoms with E-state index in [1.54, 1.807) is 6.92 Å². The molecule has 0 spiro atoms. The number of aromatic amines is 1. The first-order valence-corrected chi connectivity index (χ1v) is 12.0. The largest absolute Gasteiger partial charge is 0.480 e. The first-order valence-electron chi connectivity index (χ1n) is 12.0. The summed E-state index contributed by atoms with van der Waals surface area (Å²) in [6, 6.07) is 5.00. The van der Waals surface area contributed by atoms with Crippen molar-refractivity contribution in [2.75, 3.05) is 6.54 Å². The Balaban J connectivity index is 2.12. The zero-order chi connectivity index (χ0) is 26.1. The Morgan fingerprint density at radius 2 is 1.51 bits per heavy atom. The number of rotatable bonds is 13. The van der Waals surface area contributed by atoms with E-state index >= 15 is 0 Å². The maximum Gasteiger partial charge on any atom is 0.322 e. The van der Waals surface area contributed by atoms with Gasteiger partial charge in [0.25, 0.3) is 0 Å². The molecule has 0 aliphatic carbocycles. The number of carbonyl (C=O) groups excluding carboxylic acids is 3. The summed E-state index contributed by atoms with van der Waals surface area (Å²) in [6.45, 7) is 6.84. The smallest absolute Gasteiger partial charge is 0.322 e. The molecule has 0 saturated carbocycles. The molecule has 0 radical (unpaired) electrons. The molecule has 1 aromatic heterocycles. The van der Waals surface area contributed by atoms with Crippen molar-refractivity contribution in [1.29, 1.82) is 0 Å². The van der Waals surface area contributed by atoms with Crippen molar-refractivity contribution in [2.24, 2.45) is 17.6 Å². The van der Waals surface area contributed by atoms with E-state index in [0.29, 0.717) is 12.8 Å². The molecule has 3 amide bonds. The molecule has 35 heavy (non-hydrogen) atoms. The number of H-pyrrole nitrogens is 1. The van der Waals surface area contributed by atoms with Crippen LogP contribution in [0.25, 0.3) is 10.9 Å². The molecule has 2 rings (SSSR count). The van der Waals surface area contributed by atoms with Crippen LogP contribution in [0.15, 0.2) is 30.5 Å². The molecule has 0 bridgehead atoms. The molecule has 0 saturated heterocycles. The van der Waals surface area contributed by atoms with Gasteiger partial charge in [-0.05, 0) is 29.9 Å². The minimum atomic E-state index is -1.18. The molecule has 0 fully saturated rings. The molecule has 10 nitrogen and oxygen atoms in total. The highest BCUT2D eigenvalue weighted by Crippen LogP contribution is 2.19. The van der Waals surface area contributed by atoms with Gasteiger partial charge in [-0.15, -0.1) is 0 Å². The molecule has 0 aliphatic rings. The molecule has 1 heterocycles. The van der Waals surface area contributed by atoms with Gasteiger partial charge in [-0.25, -0.2) is 0 Å². The number of carboxylic acid groups (broad SMARTS) is 1. The van der Waals surface area contributed by atoms with Crippen LogP contribution in [-0.2, 0) is 25.6 Å². The topological polar surface area (TPSA) is 166 Å². The highest BCUT2D eigenvalue weighted by Gasteiger charge is 2.33. The van der Waals surface area contributed by atoms with Gasteiger partial charge in [0.05, 0.1) is 6.04 Å². The predicted molar refractivity (Wildman–Crippen MR) is 133 cm³/mol. The number of hydrogen-bond donors (Lipinski definition) is 6. The van der Waals surface area contributed by atoms with Crippen LogP contribution in [-0.4, -0.2) is 58.5 Å². The molecule has 2 aromatic rings. The van der Waals surface area contributed by atoms with E-state index in [1.165, 1.54) is 0 Å². The van der Waals surface area contributed by atoms with Crippen molar-refractivity contribution in [3.63, 3.8) is 0 Å². The summed E-state index contributed by atoms with van der Waals surface area (Å²) < 4.78 is 0. The standard InChI is InChI=1S/C25H37N5O5/c1-5-14(3)21(24(34)28-13-20(31)32)30-25(35)22(15(4)6-2)29-23(33)18(26)11-16-12-27-19-10-8-7-9-17(16)19/h7-10,12,14-15,18,21-22,27H,5-6,11,13,26H2,1-4H3,(H,28,34)(H,29,33)(H,30,35)(H,31,32). The van der Waals surface area contributed by atoms with Gasteiger partial charge in [-0.1, -0.05) is 58.7 Å². The van der Waals surface area contributed by atoms with Crippen LogP contribution in [0.4, 0.5) is 0 Å². The van der Waals surface area contributed by atoms with E-state index in [0.717, 1.165) is 16.5 Å². The summed E-state index contributed by atoms with van der Waals surface area (Å²) in [5.74, 6) is -3.21. The second kappa shape index (κ2) is 12.9. The number of amides is 3. The molecule has 192 valence electrons. The van der Waals surface area contributed by atoms with Crippen LogP contribution in [0.1, 0.15) is 46.1 Å². The van der Waals surface area contributed by atoms with Crippen LogP contribution in [0.2, 0.25) is 0 Å². The number of carboxylic acids is 1. The number of carbonyl (C=O) groups is 4. The molecule has 5 atom stereocenters. The van der Waals surface area contributed by atoms with Crippen LogP contribution in [0.3, 0.4) is 0 Å². The SMILES string of the molecule is CCC(C)C(NC(=O)C(N)Cc1c[nH]c2ccccc12)C(=O)NC(C(=O)NCC(=O)O)C(C)CC. The molecule has 1 aromatic carbocycles. The third-order valence-electron chi connectivity index (χ3n) is 6.45. The second-order valence-corrected chi connectivity index (χ2v) is 9.03. The van der Waals surface area contributed by atoms with Gasteiger partial charge in [0.15, 0.2) is 0 Å². The predicted octanol–water partition coefficient (Wildman–Crippen LogP) is 1.30. The van der Waals surface area contributed by atoms with E-state index < -0.39 is 48.4 Å². The minimum Gasteiger partial charge on any atom is -0.480 e. The Bertz CT molecular complexity index is 1040. The summed E-state index contributed by atoms with van der Waals surface area (Å²) in [6.07, 6.45) is 3.30. The van der Waals surface area contributed by atoms with Crippen molar-refractivity contribution < 1.29 is 24.3 Å². The summed E-state index contributed by atoms with van der Waals surface area (Å²) >= 11 is 0. The average Bonchev–Trinajstić information content (AvgIpc) is 3.25. The van der Waals surface area contributed by atoms with Gasteiger partial charge in [-0.2, -0.15) is 0 Å². The maximum absolute atomic E-state index is 13.2. The fraction of sp³-hybridized carbons (Fsp3) is 0.520. The Kier molecular flexibility index (Phi) is 10.3. The summed E-state index contributed by atoms with van der Waals surface area (Å²) in [4.78, 5) is 52.7. The Labute approximate surface area is 205 Å². The monoisotopic (exact) mass is 487 g/mol.